The summed E-state index contributed by atoms with van der Waals surface area (Å²) >= 11 is 0. The lowest BCUT2D eigenvalue weighted by atomic mass is 9.96. The van der Waals surface area contributed by atoms with Crippen LogP contribution in [0, 0.1) is 5.41 Å². The molecule has 0 saturated heterocycles. The molecule has 1 aromatic rings. The summed E-state index contributed by atoms with van der Waals surface area (Å²) in [6.45, 7) is 8.16. The van der Waals surface area contributed by atoms with Crippen LogP contribution in [-0.2, 0) is 4.79 Å². The molecule has 0 spiro atoms. The zero-order valence-electron chi connectivity index (χ0n) is 15.8. The van der Waals surface area contributed by atoms with Crippen molar-refractivity contribution in [1.82, 2.24) is 15.5 Å². The monoisotopic (exact) mass is 462 g/mol. The van der Waals surface area contributed by atoms with E-state index in [1.165, 1.54) is 0 Å². The molecular formula is C18H31IN4O2. The van der Waals surface area contributed by atoms with Crippen LogP contribution < -0.4 is 15.4 Å². The summed E-state index contributed by atoms with van der Waals surface area (Å²) in [5.41, 5.74) is -0.368. The van der Waals surface area contributed by atoms with Crippen molar-refractivity contribution < 1.29 is 9.53 Å². The molecule has 0 fully saturated rings. The zero-order chi connectivity index (χ0) is 18.0. The van der Waals surface area contributed by atoms with Gasteiger partial charge in [0.2, 0.25) is 5.91 Å². The van der Waals surface area contributed by atoms with E-state index in [1.54, 1.807) is 7.05 Å². The third kappa shape index (κ3) is 9.52. The number of amides is 1. The number of carbonyl (C=O) groups is 1. The molecule has 1 rings (SSSR count). The van der Waals surface area contributed by atoms with Gasteiger partial charge in [-0.25, -0.2) is 0 Å². The number of aliphatic imine (C=N–C) groups is 1. The molecule has 7 heteroatoms. The van der Waals surface area contributed by atoms with Crippen LogP contribution in [0.2, 0.25) is 0 Å². The SMILES string of the molecule is CN=C(NCCNC(=O)C(C)(C)C)N(C)CCOc1ccccc1.I. The summed E-state index contributed by atoms with van der Waals surface area (Å²) in [6, 6.07) is 9.73. The van der Waals surface area contributed by atoms with E-state index in [0.717, 1.165) is 11.7 Å². The summed E-state index contributed by atoms with van der Waals surface area (Å²) in [7, 11) is 3.70. The fourth-order valence-electron chi connectivity index (χ4n) is 1.92. The molecule has 2 N–H and O–H groups in total. The Labute approximate surface area is 168 Å². The maximum atomic E-state index is 11.8. The predicted molar refractivity (Wildman–Crippen MR) is 114 cm³/mol. The van der Waals surface area contributed by atoms with Crippen LogP contribution in [-0.4, -0.2) is 57.1 Å². The highest BCUT2D eigenvalue weighted by molar-refractivity contribution is 14.0. The van der Waals surface area contributed by atoms with E-state index in [0.29, 0.717) is 26.2 Å². The van der Waals surface area contributed by atoms with Gasteiger partial charge in [0.05, 0.1) is 6.54 Å². The fraction of sp³-hybridized carbons (Fsp3) is 0.556. The molecule has 0 saturated carbocycles. The van der Waals surface area contributed by atoms with Gasteiger partial charge in [0, 0.05) is 32.6 Å². The summed E-state index contributed by atoms with van der Waals surface area (Å²) in [5, 5.41) is 6.14. The van der Waals surface area contributed by atoms with E-state index < -0.39 is 0 Å². The Bertz CT molecular complexity index is 530. The van der Waals surface area contributed by atoms with Gasteiger partial charge in [-0.1, -0.05) is 39.0 Å². The Hall–Kier alpha value is -1.51. The second-order valence-electron chi connectivity index (χ2n) is 6.56. The Morgan fingerprint density at radius 2 is 1.76 bits per heavy atom. The van der Waals surface area contributed by atoms with Crippen molar-refractivity contribution in [2.45, 2.75) is 20.8 Å². The van der Waals surface area contributed by atoms with Gasteiger partial charge in [0.25, 0.3) is 0 Å². The molecule has 0 atom stereocenters. The third-order valence-corrected chi connectivity index (χ3v) is 3.39. The van der Waals surface area contributed by atoms with Crippen LogP contribution >= 0.6 is 24.0 Å². The molecule has 1 amide bonds. The molecule has 0 heterocycles. The second kappa shape index (κ2) is 11.9. The van der Waals surface area contributed by atoms with Crippen molar-refractivity contribution in [1.29, 1.82) is 0 Å². The second-order valence-corrected chi connectivity index (χ2v) is 6.56. The third-order valence-electron chi connectivity index (χ3n) is 3.39. The highest BCUT2D eigenvalue weighted by Gasteiger charge is 2.20. The van der Waals surface area contributed by atoms with Crippen LogP contribution in [0.3, 0.4) is 0 Å². The largest absolute Gasteiger partial charge is 0.492 e. The average Bonchev–Trinajstić information content (AvgIpc) is 2.54. The number of hydrogen-bond acceptors (Lipinski definition) is 3. The topological polar surface area (TPSA) is 66.0 Å². The maximum Gasteiger partial charge on any atom is 0.225 e. The molecule has 0 radical (unpaired) electrons. The minimum Gasteiger partial charge on any atom is -0.492 e. The Morgan fingerprint density at radius 3 is 2.32 bits per heavy atom. The molecule has 25 heavy (non-hydrogen) atoms. The van der Waals surface area contributed by atoms with Crippen molar-refractivity contribution in [3.05, 3.63) is 30.3 Å². The summed E-state index contributed by atoms with van der Waals surface area (Å²) in [6.07, 6.45) is 0. The van der Waals surface area contributed by atoms with Crippen LogP contribution in [0.15, 0.2) is 35.3 Å². The standard InChI is InChI=1S/C18H30N4O2.HI/c1-18(2,3)16(23)20-11-12-21-17(19-4)22(5)13-14-24-15-9-7-6-8-10-15;/h6-10H,11-14H2,1-5H3,(H,19,21)(H,20,23);1H. The molecule has 0 unspecified atom stereocenters. The van der Waals surface area contributed by atoms with Crippen molar-refractivity contribution in [2.75, 3.05) is 40.3 Å². The summed E-state index contributed by atoms with van der Waals surface area (Å²) in [4.78, 5) is 18.0. The Morgan fingerprint density at radius 1 is 1.16 bits per heavy atom. The number of rotatable bonds is 7. The molecule has 0 aliphatic heterocycles. The smallest absolute Gasteiger partial charge is 0.225 e. The first-order valence-electron chi connectivity index (χ1n) is 8.22. The van der Waals surface area contributed by atoms with Crippen LogP contribution in [0.25, 0.3) is 0 Å². The first-order chi connectivity index (χ1) is 11.3. The average molecular weight is 462 g/mol. The molecule has 6 nitrogen and oxygen atoms in total. The number of para-hydroxylation sites is 1. The number of ether oxygens (including phenoxy) is 1. The fourth-order valence-corrected chi connectivity index (χ4v) is 1.92. The minimum atomic E-state index is -0.368. The number of guanidine groups is 1. The minimum absolute atomic E-state index is 0. The number of carbonyl (C=O) groups excluding carboxylic acids is 1. The summed E-state index contributed by atoms with van der Waals surface area (Å²) in [5.74, 6) is 1.68. The lowest BCUT2D eigenvalue weighted by molar-refractivity contribution is -0.128. The van der Waals surface area contributed by atoms with Gasteiger partial charge in [0.15, 0.2) is 5.96 Å². The number of halogens is 1. The lowest BCUT2D eigenvalue weighted by Gasteiger charge is -2.23. The van der Waals surface area contributed by atoms with Gasteiger partial charge in [0.1, 0.15) is 12.4 Å². The van der Waals surface area contributed by atoms with Gasteiger partial charge in [-0.15, -0.1) is 24.0 Å². The van der Waals surface area contributed by atoms with E-state index in [4.69, 9.17) is 4.74 Å². The normalized spacial score (nSPS) is 11.3. The quantitative estimate of drug-likeness (QED) is 0.283. The van der Waals surface area contributed by atoms with E-state index in [-0.39, 0.29) is 35.3 Å². The maximum absolute atomic E-state index is 11.8. The molecule has 0 aromatic heterocycles. The molecular weight excluding hydrogens is 431 g/mol. The van der Waals surface area contributed by atoms with Crippen LogP contribution in [0.1, 0.15) is 20.8 Å². The molecule has 0 bridgehead atoms. The van der Waals surface area contributed by atoms with E-state index in [1.807, 2.05) is 63.1 Å². The van der Waals surface area contributed by atoms with Crippen molar-refractivity contribution in [3.8, 4) is 5.75 Å². The van der Waals surface area contributed by atoms with Crippen molar-refractivity contribution >= 4 is 35.8 Å². The lowest BCUT2D eigenvalue weighted by Crippen LogP contribution is -2.45. The van der Waals surface area contributed by atoms with Crippen molar-refractivity contribution in [2.24, 2.45) is 10.4 Å². The number of benzene rings is 1. The van der Waals surface area contributed by atoms with Gasteiger partial charge >= 0.3 is 0 Å². The summed E-state index contributed by atoms with van der Waals surface area (Å²) < 4.78 is 5.68. The molecule has 0 aliphatic rings. The van der Waals surface area contributed by atoms with Crippen LogP contribution in [0.4, 0.5) is 0 Å². The van der Waals surface area contributed by atoms with E-state index in [9.17, 15) is 4.79 Å². The molecule has 142 valence electrons. The first kappa shape index (κ1) is 23.5. The Kier molecular flexibility index (Phi) is 11.2. The van der Waals surface area contributed by atoms with Gasteiger partial charge in [-0.3, -0.25) is 9.79 Å². The molecule has 1 aromatic carbocycles. The number of likely N-dealkylation sites (N-methyl/N-ethyl adjacent to an activating group) is 1. The number of nitrogens with one attached hydrogen (secondary N) is 2. The van der Waals surface area contributed by atoms with Crippen molar-refractivity contribution in [3.63, 3.8) is 0 Å². The Balaban J connectivity index is 0.00000576. The predicted octanol–water partition coefficient (Wildman–Crippen LogP) is 2.35. The zero-order valence-corrected chi connectivity index (χ0v) is 18.2. The van der Waals surface area contributed by atoms with Gasteiger partial charge in [-0.2, -0.15) is 0 Å². The van der Waals surface area contributed by atoms with Gasteiger partial charge < -0.3 is 20.3 Å². The van der Waals surface area contributed by atoms with Crippen LogP contribution in [0.5, 0.6) is 5.75 Å². The highest BCUT2D eigenvalue weighted by atomic mass is 127. The number of hydrogen-bond donors (Lipinski definition) is 2. The van der Waals surface area contributed by atoms with E-state index in [2.05, 4.69) is 15.6 Å². The number of nitrogens with zero attached hydrogens (tertiary/aromatic N) is 2. The highest BCUT2D eigenvalue weighted by Crippen LogP contribution is 2.11. The van der Waals surface area contributed by atoms with Gasteiger partial charge in [-0.05, 0) is 12.1 Å². The first-order valence-corrected chi connectivity index (χ1v) is 8.22. The molecule has 0 aliphatic carbocycles. The van der Waals surface area contributed by atoms with E-state index >= 15 is 0 Å².